The van der Waals surface area contributed by atoms with Crippen molar-refractivity contribution >= 4 is 29.3 Å². The quantitative estimate of drug-likeness (QED) is 0.773. The molecule has 2 nitrogen and oxygen atoms in total. The van der Waals surface area contributed by atoms with Gasteiger partial charge < -0.3 is 5.32 Å². The molecule has 0 atom stereocenters. The van der Waals surface area contributed by atoms with Crippen molar-refractivity contribution in [2.24, 2.45) is 0 Å². The summed E-state index contributed by atoms with van der Waals surface area (Å²) in [4.78, 5) is 10.8. The third kappa shape index (κ3) is 2.60. The fourth-order valence-electron chi connectivity index (χ4n) is 1.00. The lowest BCUT2D eigenvalue weighted by molar-refractivity contribution is -0.114. The number of nitrogens with one attached hydrogen (secondary N) is 1. The number of anilines is 1. The number of hydrogen-bond acceptors (Lipinski definition) is 1. The maximum absolute atomic E-state index is 10.8. The minimum Gasteiger partial charge on any atom is -0.326 e. The van der Waals surface area contributed by atoms with Gasteiger partial charge in [-0.3, -0.25) is 4.79 Å². The summed E-state index contributed by atoms with van der Waals surface area (Å²) in [5, 5.41) is 3.26. The normalized spacial score (nSPS) is 9.38. The van der Waals surface area contributed by atoms with Crippen LogP contribution >= 0.6 is 11.6 Å². The molecule has 1 amide bonds. The topological polar surface area (TPSA) is 29.1 Å². The van der Waals surface area contributed by atoms with E-state index < -0.39 is 0 Å². The van der Waals surface area contributed by atoms with Crippen LogP contribution in [0.15, 0.2) is 24.8 Å². The Labute approximate surface area is 82.2 Å². The van der Waals surface area contributed by atoms with Crippen molar-refractivity contribution in [3.05, 3.63) is 35.4 Å². The standard InChI is InChI=1S/C10H10ClNO/c1-3-8-4-5-9(11)6-10(8)12-7(2)13/h3-6H,1H2,2H3,(H,12,13). The van der Waals surface area contributed by atoms with E-state index in [1.54, 1.807) is 24.3 Å². The molecule has 0 aromatic heterocycles. The molecule has 1 N–H and O–H groups in total. The first-order valence-electron chi connectivity index (χ1n) is 3.83. The summed E-state index contributed by atoms with van der Waals surface area (Å²) in [6, 6.07) is 5.25. The van der Waals surface area contributed by atoms with Crippen LogP contribution in [-0.2, 0) is 4.79 Å². The first-order chi connectivity index (χ1) is 6.13. The van der Waals surface area contributed by atoms with Gasteiger partial charge in [-0.1, -0.05) is 30.3 Å². The monoisotopic (exact) mass is 195 g/mol. The number of carbonyl (C=O) groups excluding carboxylic acids is 1. The number of amides is 1. The minimum atomic E-state index is -0.120. The molecule has 0 aliphatic carbocycles. The van der Waals surface area contributed by atoms with E-state index >= 15 is 0 Å². The molecular weight excluding hydrogens is 186 g/mol. The lowest BCUT2D eigenvalue weighted by atomic mass is 10.2. The molecule has 0 radical (unpaired) electrons. The van der Waals surface area contributed by atoms with Gasteiger partial charge in [0.1, 0.15) is 0 Å². The first kappa shape index (κ1) is 9.81. The van der Waals surface area contributed by atoms with Crippen molar-refractivity contribution in [1.29, 1.82) is 0 Å². The lowest BCUT2D eigenvalue weighted by Crippen LogP contribution is -2.06. The van der Waals surface area contributed by atoms with Gasteiger partial charge in [0.25, 0.3) is 0 Å². The largest absolute Gasteiger partial charge is 0.326 e. The fourth-order valence-corrected chi connectivity index (χ4v) is 1.18. The van der Waals surface area contributed by atoms with Crippen molar-refractivity contribution in [2.45, 2.75) is 6.92 Å². The van der Waals surface area contributed by atoms with Gasteiger partial charge in [0.2, 0.25) is 5.91 Å². The van der Waals surface area contributed by atoms with E-state index in [1.165, 1.54) is 6.92 Å². The molecule has 1 rings (SSSR count). The summed E-state index contributed by atoms with van der Waals surface area (Å²) in [6.45, 7) is 5.09. The van der Waals surface area contributed by atoms with Crippen LogP contribution in [0.25, 0.3) is 6.08 Å². The predicted octanol–water partition coefficient (Wildman–Crippen LogP) is 2.94. The van der Waals surface area contributed by atoms with Gasteiger partial charge in [0.05, 0.1) is 0 Å². The molecule has 0 spiro atoms. The van der Waals surface area contributed by atoms with Crippen LogP contribution in [0.2, 0.25) is 5.02 Å². The zero-order chi connectivity index (χ0) is 9.84. The molecule has 68 valence electrons. The number of hydrogen-bond donors (Lipinski definition) is 1. The highest BCUT2D eigenvalue weighted by Crippen LogP contribution is 2.21. The molecule has 0 fully saturated rings. The van der Waals surface area contributed by atoms with E-state index in [-0.39, 0.29) is 5.91 Å². The highest BCUT2D eigenvalue weighted by Gasteiger charge is 2.01. The summed E-state index contributed by atoms with van der Waals surface area (Å²) < 4.78 is 0. The maximum atomic E-state index is 10.8. The molecule has 0 aliphatic heterocycles. The molecule has 13 heavy (non-hydrogen) atoms. The molecule has 0 unspecified atom stereocenters. The Morgan fingerprint density at radius 1 is 1.62 bits per heavy atom. The van der Waals surface area contributed by atoms with Crippen LogP contribution in [0.3, 0.4) is 0 Å². The van der Waals surface area contributed by atoms with E-state index in [2.05, 4.69) is 11.9 Å². The molecule has 1 aromatic carbocycles. The van der Waals surface area contributed by atoms with Crippen LogP contribution in [0.1, 0.15) is 12.5 Å². The number of benzene rings is 1. The van der Waals surface area contributed by atoms with Crippen LogP contribution in [0.5, 0.6) is 0 Å². The number of carbonyl (C=O) groups is 1. The van der Waals surface area contributed by atoms with Gasteiger partial charge in [-0.25, -0.2) is 0 Å². The van der Waals surface area contributed by atoms with Gasteiger partial charge in [-0.05, 0) is 17.7 Å². The summed E-state index contributed by atoms with van der Waals surface area (Å²) in [5.41, 5.74) is 1.55. The zero-order valence-electron chi connectivity index (χ0n) is 7.30. The SMILES string of the molecule is C=Cc1ccc(Cl)cc1NC(C)=O. The summed E-state index contributed by atoms with van der Waals surface area (Å²) >= 11 is 5.77. The summed E-state index contributed by atoms with van der Waals surface area (Å²) in [6.07, 6.45) is 1.67. The molecule has 0 heterocycles. The van der Waals surface area contributed by atoms with Crippen LogP contribution < -0.4 is 5.32 Å². The van der Waals surface area contributed by atoms with E-state index in [4.69, 9.17) is 11.6 Å². The average molecular weight is 196 g/mol. The second kappa shape index (κ2) is 4.10. The van der Waals surface area contributed by atoms with E-state index in [1.807, 2.05) is 0 Å². The van der Waals surface area contributed by atoms with Gasteiger partial charge >= 0.3 is 0 Å². The van der Waals surface area contributed by atoms with E-state index in [9.17, 15) is 4.79 Å². The Bertz CT molecular complexity index is 347. The third-order valence-electron chi connectivity index (χ3n) is 1.55. The highest BCUT2D eigenvalue weighted by molar-refractivity contribution is 6.31. The zero-order valence-corrected chi connectivity index (χ0v) is 8.06. The second-order valence-electron chi connectivity index (χ2n) is 2.62. The van der Waals surface area contributed by atoms with Gasteiger partial charge in [-0.2, -0.15) is 0 Å². The van der Waals surface area contributed by atoms with Gasteiger partial charge in [0, 0.05) is 17.6 Å². The fraction of sp³-hybridized carbons (Fsp3) is 0.100. The van der Waals surface area contributed by atoms with Crippen molar-refractivity contribution in [3.63, 3.8) is 0 Å². The van der Waals surface area contributed by atoms with Crippen molar-refractivity contribution in [2.75, 3.05) is 5.32 Å². The highest BCUT2D eigenvalue weighted by atomic mass is 35.5. The Kier molecular flexibility index (Phi) is 3.09. The lowest BCUT2D eigenvalue weighted by Gasteiger charge is -2.06. The minimum absolute atomic E-state index is 0.120. The summed E-state index contributed by atoms with van der Waals surface area (Å²) in [7, 11) is 0. The molecule has 0 aliphatic rings. The Hall–Kier alpha value is -1.28. The molecule has 0 saturated heterocycles. The molecule has 3 heteroatoms. The molecular formula is C10H10ClNO. The Morgan fingerprint density at radius 2 is 2.31 bits per heavy atom. The average Bonchev–Trinajstić information content (AvgIpc) is 2.03. The second-order valence-corrected chi connectivity index (χ2v) is 3.05. The van der Waals surface area contributed by atoms with Crippen LogP contribution in [0, 0.1) is 0 Å². The first-order valence-corrected chi connectivity index (χ1v) is 4.21. The van der Waals surface area contributed by atoms with Crippen LogP contribution in [0.4, 0.5) is 5.69 Å². The molecule has 0 bridgehead atoms. The third-order valence-corrected chi connectivity index (χ3v) is 1.78. The Morgan fingerprint density at radius 3 is 2.85 bits per heavy atom. The molecule has 1 aromatic rings. The van der Waals surface area contributed by atoms with E-state index in [0.717, 1.165) is 5.56 Å². The van der Waals surface area contributed by atoms with Crippen molar-refractivity contribution < 1.29 is 4.79 Å². The van der Waals surface area contributed by atoms with Crippen molar-refractivity contribution in [1.82, 2.24) is 0 Å². The van der Waals surface area contributed by atoms with Crippen molar-refractivity contribution in [3.8, 4) is 0 Å². The van der Waals surface area contributed by atoms with Crippen LogP contribution in [-0.4, -0.2) is 5.91 Å². The van der Waals surface area contributed by atoms with E-state index in [0.29, 0.717) is 10.7 Å². The summed E-state index contributed by atoms with van der Waals surface area (Å²) in [5.74, 6) is -0.120. The number of rotatable bonds is 2. The van der Waals surface area contributed by atoms with Gasteiger partial charge in [-0.15, -0.1) is 0 Å². The number of halogens is 1. The molecule has 0 saturated carbocycles. The van der Waals surface area contributed by atoms with Gasteiger partial charge in [0.15, 0.2) is 0 Å². The maximum Gasteiger partial charge on any atom is 0.221 e. The smallest absolute Gasteiger partial charge is 0.221 e. The Balaban J connectivity index is 3.07. The predicted molar refractivity (Wildman–Crippen MR) is 55.8 cm³/mol.